The van der Waals surface area contributed by atoms with Crippen molar-refractivity contribution in [3.05, 3.63) is 65.3 Å². The van der Waals surface area contributed by atoms with Crippen LogP contribution < -0.4 is 5.73 Å². The van der Waals surface area contributed by atoms with E-state index in [2.05, 4.69) is 59.2 Å². The summed E-state index contributed by atoms with van der Waals surface area (Å²) in [6.45, 7) is 13.4. The summed E-state index contributed by atoms with van der Waals surface area (Å²) in [6.07, 6.45) is 6.01. The number of piperazine rings is 1. The van der Waals surface area contributed by atoms with Gasteiger partial charge < -0.3 is 10.3 Å². The van der Waals surface area contributed by atoms with E-state index in [-0.39, 0.29) is 17.2 Å². The zero-order valence-electron chi connectivity index (χ0n) is 20.1. The van der Waals surface area contributed by atoms with Gasteiger partial charge in [-0.2, -0.15) is 5.26 Å². The first-order valence-electron chi connectivity index (χ1n) is 11.6. The molecule has 2 fully saturated rings. The van der Waals surface area contributed by atoms with Crippen molar-refractivity contribution in [3.63, 3.8) is 0 Å². The van der Waals surface area contributed by atoms with E-state index in [9.17, 15) is 4.79 Å². The lowest BCUT2D eigenvalue weighted by molar-refractivity contribution is -0.127. The Labute approximate surface area is 196 Å². The average Bonchev–Trinajstić information content (AvgIpc) is 3.04. The van der Waals surface area contributed by atoms with Crippen molar-refractivity contribution < 1.29 is 4.79 Å². The number of benzene rings is 1. The number of carbonyl (C=O) groups excluding carboxylic acids is 1. The molecule has 0 bridgehead atoms. The van der Waals surface area contributed by atoms with Gasteiger partial charge in [-0.25, -0.2) is 4.98 Å². The Morgan fingerprint density at radius 2 is 1.85 bits per heavy atom. The molecule has 0 spiro atoms. The van der Waals surface area contributed by atoms with Crippen LogP contribution in [-0.2, 0) is 17.9 Å². The SMILES string of the molecule is CC(C)=CC1C(C)(C)C1(C(N)=O)N1CCN(Cc2cncn2Cc2ccc(C#N)cc2)CC1. The summed E-state index contributed by atoms with van der Waals surface area (Å²) in [6, 6.07) is 9.84. The molecular weight excluding hydrogens is 412 g/mol. The topological polar surface area (TPSA) is 91.2 Å². The van der Waals surface area contributed by atoms with Crippen LogP contribution >= 0.6 is 0 Å². The summed E-state index contributed by atoms with van der Waals surface area (Å²) in [5.41, 5.74) is 9.46. The fraction of sp³-hybridized carbons (Fsp3) is 0.500. The van der Waals surface area contributed by atoms with Gasteiger partial charge in [-0.1, -0.05) is 37.6 Å². The Balaban J connectivity index is 1.40. The summed E-state index contributed by atoms with van der Waals surface area (Å²) in [5, 5.41) is 8.99. The number of allylic oxidation sites excluding steroid dienone is 1. The number of carbonyl (C=O) groups is 1. The molecule has 2 N–H and O–H groups in total. The number of hydrogen-bond donors (Lipinski definition) is 1. The number of amides is 1. The molecule has 2 atom stereocenters. The second-order valence-corrected chi connectivity index (χ2v) is 10.2. The molecule has 1 saturated carbocycles. The van der Waals surface area contributed by atoms with Crippen molar-refractivity contribution in [2.45, 2.75) is 46.3 Å². The van der Waals surface area contributed by atoms with E-state index in [1.807, 2.05) is 36.8 Å². The minimum Gasteiger partial charge on any atom is -0.368 e. The number of nitrogens with zero attached hydrogens (tertiary/aromatic N) is 5. The van der Waals surface area contributed by atoms with Gasteiger partial charge in [0.15, 0.2) is 0 Å². The van der Waals surface area contributed by atoms with E-state index in [0.717, 1.165) is 50.5 Å². The molecule has 2 heterocycles. The van der Waals surface area contributed by atoms with E-state index in [4.69, 9.17) is 11.0 Å². The fourth-order valence-corrected chi connectivity index (χ4v) is 5.66. The molecule has 2 aliphatic rings. The molecule has 4 rings (SSSR count). The molecule has 2 unspecified atom stereocenters. The normalized spacial score (nSPS) is 24.8. The predicted molar refractivity (Wildman–Crippen MR) is 128 cm³/mol. The number of rotatable bonds is 7. The molecule has 1 amide bonds. The minimum atomic E-state index is -0.590. The van der Waals surface area contributed by atoms with Crippen LogP contribution in [0.4, 0.5) is 0 Å². The van der Waals surface area contributed by atoms with Crippen LogP contribution in [0.25, 0.3) is 0 Å². The lowest BCUT2D eigenvalue weighted by Gasteiger charge is -2.40. The van der Waals surface area contributed by atoms with Crippen molar-refractivity contribution in [2.24, 2.45) is 17.1 Å². The van der Waals surface area contributed by atoms with E-state index in [1.54, 1.807) is 0 Å². The highest BCUT2D eigenvalue weighted by Crippen LogP contribution is 2.65. The zero-order chi connectivity index (χ0) is 23.8. The Bertz CT molecular complexity index is 1080. The monoisotopic (exact) mass is 446 g/mol. The Morgan fingerprint density at radius 3 is 2.42 bits per heavy atom. The van der Waals surface area contributed by atoms with Crippen molar-refractivity contribution >= 4 is 5.91 Å². The van der Waals surface area contributed by atoms with Crippen LogP contribution in [0.15, 0.2) is 48.4 Å². The van der Waals surface area contributed by atoms with Crippen LogP contribution in [0.2, 0.25) is 0 Å². The highest BCUT2D eigenvalue weighted by atomic mass is 16.2. The molecule has 1 aliphatic heterocycles. The molecule has 1 saturated heterocycles. The summed E-state index contributed by atoms with van der Waals surface area (Å²) in [5.74, 6) is -0.0446. The number of nitriles is 1. The van der Waals surface area contributed by atoms with Crippen LogP contribution in [0, 0.1) is 22.7 Å². The second-order valence-electron chi connectivity index (χ2n) is 10.2. The largest absolute Gasteiger partial charge is 0.368 e. The molecule has 1 aliphatic carbocycles. The highest BCUT2D eigenvalue weighted by Gasteiger charge is 2.76. The third kappa shape index (κ3) is 4.09. The molecular formula is C26H34N6O. The molecule has 7 nitrogen and oxygen atoms in total. The van der Waals surface area contributed by atoms with Gasteiger partial charge in [-0.3, -0.25) is 14.6 Å². The van der Waals surface area contributed by atoms with Gasteiger partial charge >= 0.3 is 0 Å². The summed E-state index contributed by atoms with van der Waals surface area (Å²) < 4.78 is 2.16. The lowest BCUT2D eigenvalue weighted by atomic mass is 10.0. The van der Waals surface area contributed by atoms with Gasteiger partial charge in [0.25, 0.3) is 0 Å². The molecule has 174 valence electrons. The number of imidazole rings is 1. The van der Waals surface area contributed by atoms with Crippen molar-refractivity contribution in [1.82, 2.24) is 19.4 Å². The maximum Gasteiger partial charge on any atom is 0.239 e. The van der Waals surface area contributed by atoms with Crippen molar-refractivity contribution in [1.29, 1.82) is 5.26 Å². The van der Waals surface area contributed by atoms with Gasteiger partial charge in [0.2, 0.25) is 5.91 Å². The number of primary amides is 1. The number of aromatic nitrogens is 2. The standard InChI is InChI=1S/C26H34N6O/c1-19(2)13-23-25(3,4)26(23,24(28)33)32-11-9-30(10-12-32)17-22-15-29-18-31(22)16-21-7-5-20(14-27)6-8-21/h5-8,13,15,18,23H,9-12,16-17H2,1-4H3,(H2,28,33). The smallest absolute Gasteiger partial charge is 0.239 e. The van der Waals surface area contributed by atoms with Crippen LogP contribution in [0.1, 0.15) is 44.5 Å². The minimum absolute atomic E-state index is 0.155. The fourth-order valence-electron chi connectivity index (χ4n) is 5.66. The third-order valence-corrected chi connectivity index (χ3v) is 7.49. The number of nitrogens with two attached hydrogens (primary N) is 1. The molecule has 33 heavy (non-hydrogen) atoms. The molecule has 1 aromatic carbocycles. The Kier molecular flexibility index (Phi) is 6.17. The third-order valence-electron chi connectivity index (χ3n) is 7.49. The predicted octanol–water partition coefficient (Wildman–Crippen LogP) is 2.77. The maximum atomic E-state index is 12.7. The van der Waals surface area contributed by atoms with Crippen molar-refractivity contribution in [3.8, 4) is 6.07 Å². The summed E-state index contributed by atoms with van der Waals surface area (Å²) in [4.78, 5) is 21.8. The summed E-state index contributed by atoms with van der Waals surface area (Å²) in [7, 11) is 0. The first-order chi connectivity index (χ1) is 15.7. The van der Waals surface area contributed by atoms with E-state index < -0.39 is 5.54 Å². The average molecular weight is 447 g/mol. The van der Waals surface area contributed by atoms with Crippen molar-refractivity contribution in [2.75, 3.05) is 26.2 Å². The van der Waals surface area contributed by atoms with Gasteiger partial charge in [0, 0.05) is 56.8 Å². The Hall–Kier alpha value is -2.95. The van der Waals surface area contributed by atoms with Gasteiger partial charge in [0.05, 0.1) is 23.7 Å². The maximum absolute atomic E-state index is 12.7. The highest BCUT2D eigenvalue weighted by molar-refractivity contribution is 5.91. The first-order valence-corrected chi connectivity index (χ1v) is 11.6. The van der Waals surface area contributed by atoms with Gasteiger partial charge in [0.1, 0.15) is 5.54 Å². The first kappa shape index (κ1) is 23.2. The van der Waals surface area contributed by atoms with E-state index in [0.29, 0.717) is 5.56 Å². The van der Waals surface area contributed by atoms with Crippen LogP contribution in [0.5, 0.6) is 0 Å². The Morgan fingerprint density at radius 1 is 1.18 bits per heavy atom. The summed E-state index contributed by atoms with van der Waals surface area (Å²) >= 11 is 0. The molecule has 7 heteroatoms. The van der Waals surface area contributed by atoms with Crippen LogP contribution in [-0.4, -0.2) is 57.0 Å². The van der Waals surface area contributed by atoms with Gasteiger partial charge in [-0.15, -0.1) is 0 Å². The molecule has 1 aromatic heterocycles. The molecule has 2 aromatic rings. The van der Waals surface area contributed by atoms with Gasteiger partial charge in [-0.05, 0) is 31.5 Å². The molecule has 0 radical (unpaired) electrons. The van der Waals surface area contributed by atoms with Crippen LogP contribution in [0.3, 0.4) is 0 Å². The quantitative estimate of drug-likeness (QED) is 0.661. The van der Waals surface area contributed by atoms with E-state index in [1.165, 1.54) is 5.57 Å². The number of hydrogen-bond acceptors (Lipinski definition) is 5. The van der Waals surface area contributed by atoms with E-state index >= 15 is 0 Å². The lowest BCUT2D eigenvalue weighted by Crippen LogP contribution is -2.58. The second kappa shape index (κ2) is 8.77. The zero-order valence-corrected chi connectivity index (χ0v) is 20.1.